The van der Waals surface area contributed by atoms with Crippen molar-refractivity contribution in [2.45, 2.75) is 78.1 Å². The first-order valence-electron chi connectivity index (χ1n) is 12.8. The number of rotatable bonds is 14. The first-order valence-corrected chi connectivity index (χ1v) is 13.5. The molecule has 0 amide bonds. The van der Waals surface area contributed by atoms with Gasteiger partial charge >= 0.3 is 0 Å². The van der Waals surface area contributed by atoms with E-state index in [-0.39, 0.29) is 0 Å². The third-order valence-electron chi connectivity index (χ3n) is 6.12. The number of unbranched alkanes of at least 4 members (excludes halogenated alkanes) is 6. The number of benzene rings is 2. The van der Waals surface area contributed by atoms with Crippen LogP contribution >= 0.6 is 23.2 Å². The zero-order valence-electron chi connectivity index (χ0n) is 20.5. The lowest BCUT2D eigenvalue weighted by Crippen LogP contribution is -2.20. The summed E-state index contributed by atoms with van der Waals surface area (Å²) in [5.41, 5.74) is 6.30. The molecule has 1 heterocycles. The van der Waals surface area contributed by atoms with Crippen LogP contribution < -0.4 is 5.72 Å². The summed E-state index contributed by atoms with van der Waals surface area (Å²) in [5, 5.41) is 1.43. The van der Waals surface area contributed by atoms with Crippen molar-refractivity contribution in [1.29, 1.82) is 0 Å². The average molecular weight is 494 g/mol. The minimum absolute atomic E-state index is 0.711. The molecule has 2 aromatic carbocycles. The lowest BCUT2D eigenvalue weighted by molar-refractivity contribution is 0.643. The summed E-state index contributed by atoms with van der Waals surface area (Å²) >= 11 is 13.1. The number of aromatic nitrogens is 2. The highest BCUT2D eigenvalue weighted by Gasteiger charge is 2.16. The smallest absolute Gasteiger partial charge is 0.241 e. The second kappa shape index (κ2) is 14.4. The van der Waals surface area contributed by atoms with Crippen LogP contribution in [-0.2, 0) is 12.8 Å². The van der Waals surface area contributed by atoms with Gasteiger partial charge in [-0.15, -0.1) is 0 Å². The van der Waals surface area contributed by atoms with Crippen molar-refractivity contribution < 1.29 is 0 Å². The molecule has 3 rings (SSSR count). The Morgan fingerprint density at radius 1 is 0.824 bits per heavy atom. The van der Waals surface area contributed by atoms with Gasteiger partial charge in [0.15, 0.2) is 0 Å². The van der Waals surface area contributed by atoms with Crippen LogP contribution in [0.25, 0.3) is 11.5 Å². The van der Waals surface area contributed by atoms with Crippen LogP contribution in [0.3, 0.4) is 0 Å². The minimum Gasteiger partial charge on any atom is -0.354 e. The molecule has 0 atom stereocenters. The van der Waals surface area contributed by atoms with Crippen molar-refractivity contribution in [2.75, 3.05) is 0 Å². The van der Waals surface area contributed by atoms with E-state index in [1.807, 2.05) is 48.5 Å². The number of aryl methyl sites for hydroxylation is 2. The van der Waals surface area contributed by atoms with E-state index in [9.17, 15) is 0 Å². The maximum atomic E-state index is 6.60. The fourth-order valence-electron chi connectivity index (χ4n) is 4.20. The van der Waals surface area contributed by atoms with E-state index in [4.69, 9.17) is 28.2 Å². The second-order valence-corrected chi connectivity index (χ2v) is 9.73. The highest BCUT2D eigenvalue weighted by Crippen LogP contribution is 2.27. The van der Waals surface area contributed by atoms with Gasteiger partial charge in [0.05, 0.1) is 11.4 Å². The van der Waals surface area contributed by atoms with Gasteiger partial charge in [0.25, 0.3) is 0 Å². The van der Waals surface area contributed by atoms with Crippen LogP contribution in [-0.4, -0.2) is 17.2 Å². The van der Waals surface area contributed by atoms with Crippen molar-refractivity contribution in [2.24, 2.45) is 0 Å². The number of hydrogen-bond acceptors (Lipinski definition) is 1. The highest BCUT2D eigenvalue weighted by atomic mass is 35.5. The molecule has 3 aromatic rings. The van der Waals surface area contributed by atoms with E-state index in [1.165, 1.54) is 62.8 Å². The molecule has 0 aliphatic rings. The Morgan fingerprint density at radius 3 is 2.15 bits per heavy atom. The molecule has 2 nitrogen and oxygen atoms in total. The quantitative estimate of drug-likeness (QED) is 0.136. The molecule has 34 heavy (non-hydrogen) atoms. The molecule has 0 saturated heterocycles. The monoisotopic (exact) mass is 493 g/mol. The largest absolute Gasteiger partial charge is 0.354 e. The summed E-state index contributed by atoms with van der Waals surface area (Å²) in [4.78, 5) is 8.67. The standard InChI is InChI=1S/C29H36BCl2N2/c1-3-5-7-9-19-27-28(20-10-8-6-4-2)34-29(33-27)30-24(23-16-12-14-18-26(23)32)21-22-15-11-13-17-25(22)31/h11-18,21H,3-10,19-20H2,1-2H3,(H,33,34). The first kappa shape index (κ1) is 26.6. The van der Waals surface area contributed by atoms with Crippen LogP contribution in [0.1, 0.15) is 87.7 Å². The average Bonchev–Trinajstić information content (AvgIpc) is 3.22. The van der Waals surface area contributed by atoms with E-state index >= 15 is 0 Å². The topological polar surface area (TPSA) is 28.7 Å². The Bertz CT molecular complexity index is 1030. The zero-order valence-corrected chi connectivity index (χ0v) is 22.1. The number of imidazole rings is 1. The molecule has 0 unspecified atom stereocenters. The lowest BCUT2D eigenvalue weighted by Gasteiger charge is -2.09. The molecule has 0 aliphatic heterocycles. The van der Waals surface area contributed by atoms with Gasteiger partial charge in [0, 0.05) is 15.7 Å². The number of H-pyrrole nitrogens is 1. The molecule has 0 fully saturated rings. The van der Waals surface area contributed by atoms with E-state index in [0.717, 1.165) is 35.2 Å². The number of nitrogens with zero attached hydrogens (tertiary/aromatic N) is 1. The number of nitrogens with one attached hydrogen (secondary N) is 1. The van der Waals surface area contributed by atoms with Gasteiger partial charge in [-0.2, -0.15) is 0 Å². The van der Waals surface area contributed by atoms with E-state index in [1.54, 1.807) is 0 Å². The predicted molar refractivity (Wildman–Crippen MR) is 150 cm³/mol. The minimum atomic E-state index is 0.711. The van der Waals surface area contributed by atoms with Gasteiger partial charge < -0.3 is 4.98 Å². The third kappa shape index (κ3) is 8.06. The molecule has 1 aromatic heterocycles. The summed E-state index contributed by atoms with van der Waals surface area (Å²) in [6, 6.07) is 15.8. The Hall–Kier alpha value is -1.97. The van der Waals surface area contributed by atoms with Crippen molar-refractivity contribution in [3.8, 4) is 0 Å². The van der Waals surface area contributed by atoms with Gasteiger partial charge in [-0.1, -0.05) is 124 Å². The summed E-state index contributed by atoms with van der Waals surface area (Å²) in [6.07, 6.45) is 14.2. The van der Waals surface area contributed by atoms with E-state index in [2.05, 4.69) is 32.2 Å². The Balaban J connectivity index is 1.89. The molecule has 0 saturated carbocycles. The third-order valence-corrected chi connectivity index (χ3v) is 6.80. The van der Waals surface area contributed by atoms with E-state index < -0.39 is 0 Å². The van der Waals surface area contributed by atoms with Crippen LogP contribution in [0.4, 0.5) is 0 Å². The first-order chi connectivity index (χ1) is 16.6. The Labute approximate surface area is 216 Å². The molecule has 0 spiro atoms. The zero-order chi connectivity index (χ0) is 24.2. The maximum absolute atomic E-state index is 6.60. The van der Waals surface area contributed by atoms with Crippen molar-refractivity contribution in [3.05, 3.63) is 81.1 Å². The number of aromatic amines is 1. The van der Waals surface area contributed by atoms with Gasteiger partial charge in [0.2, 0.25) is 7.28 Å². The maximum Gasteiger partial charge on any atom is 0.241 e. The SMILES string of the molecule is CCCCCCc1nc([B]C(=Cc2ccccc2Cl)c2ccccc2Cl)[nH]c1CCCCCC. The molecule has 1 radical (unpaired) electrons. The molecular formula is C29H36BCl2N2. The normalized spacial score (nSPS) is 11.7. The Kier molecular flexibility index (Phi) is 11.3. The Morgan fingerprint density at radius 2 is 1.47 bits per heavy atom. The second-order valence-electron chi connectivity index (χ2n) is 8.91. The molecule has 0 bridgehead atoms. The van der Waals surface area contributed by atoms with Gasteiger partial charge in [-0.05, 0) is 48.9 Å². The van der Waals surface area contributed by atoms with Crippen molar-refractivity contribution >= 4 is 47.8 Å². The molecule has 0 aliphatic carbocycles. The van der Waals surface area contributed by atoms with Crippen molar-refractivity contribution in [3.63, 3.8) is 0 Å². The summed E-state index contributed by atoms with van der Waals surface area (Å²) < 4.78 is 0. The van der Waals surface area contributed by atoms with Crippen molar-refractivity contribution in [1.82, 2.24) is 9.97 Å². The lowest BCUT2D eigenvalue weighted by atomic mass is 9.65. The fourth-order valence-corrected chi connectivity index (χ4v) is 4.63. The van der Waals surface area contributed by atoms with E-state index in [0.29, 0.717) is 10.0 Å². The molecular weight excluding hydrogens is 458 g/mol. The van der Waals surface area contributed by atoms with Crippen LogP contribution in [0.5, 0.6) is 0 Å². The summed E-state index contributed by atoms with van der Waals surface area (Å²) in [5.74, 6) is 0. The number of hydrogen-bond donors (Lipinski definition) is 1. The number of halogens is 2. The van der Waals surface area contributed by atoms with Crippen LogP contribution in [0, 0.1) is 0 Å². The molecule has 179 valence electrons. The molecule has 5 heteroatoms. The van der Waals surface area contributed by atoms with Crippen LogP contribution in [0.15, 0.2) is 48.5 Å². The van der Waals surface area contributed by atoms with Gasteiger partial charge in [-0.25, -0.2) is 4.98 Å². The fraction of sp³-hybridized carbons (Fsp3) is 0.414. The molecule has 1 N–H and O–H groups in total. The predicted octanol–water partition coefficient (Wildman–Crippen LogP) is 8.49. The summed E-state index contributed by atoms with van der Waals surface area (Å²) in [7, 11) is 2.11. The van der Waals surface area contributed by atoms with Crippen LogP contribution in [0.2, 0.25) is 10.0 Å². The van der Waals surface area contributed by atoms with Gasteiger partial charge in [-0.3, -0.25) is 0 Å². The summed E-state index contributed by atoms with van der Waals surface area (Å²) in [6.45, 7) is 4.51. The highest BCUT2D eigenvalue weighted by molar-refractivity contribution is 6.73. The van der Waals surface area contributed by atoms with Gasteiger partial charge in [0.1, 0.15) is 0 Å².